The van der Waals surface area contributed by atoms with Crippen LogP contribution < -0.4 is 5.32 Å². The molecule has 0 aromatic heterocycles. The van der Waals surface area contributed by atoms with Gasteiger partial charge in [0.15, 0.2) is 0 Å². The Labute approximate surface area is 146 Å². The molecule has 0 bridgehead atoms. The monoisotopic (exact) mass is 352 g/mol. The molecule has 1 unspecified atom stereocenters. The van der Waals surface area contributed by atoms with E-state index in [0.29, 0.717) is 30.3 Å². The van der Waals surface area contributed by atoms with Crippen molar-refractivity contribution >= 4 is 29.4 Å². The van der Waals surface area contributed by atoms with Crippen LogP contribution in [0, 0.1) is 5.92 Å². The highest BCUT2D eigenvalue weighted by molar-refractivity contribution is 6.30. The Balaban J connectivity index is 1.85. The summed E-state index contributed by atoms with van der Waals surface area (Å²) in [5.41, 5.74) is 0.401. The molecular weight excluding hydrogens is 332 g/mol. The lowest BCUT2D eigenvalue weighted by Gasteiger charge is -2.31. The summed E-state index contributed by atoms with van der Waals surface area (Å²) >= 11 is 5.85. The number of piperidine rings is 1. The van der Waals surface area contributed by atoms with Gasteiger partial charge in [-0.25, -0.2) is 0 Å². The second-order valence-electron chi connectivity index (χ2n) is 5.62. The number of esters is 1. The van der Waals surface area contributed by atoms with Crippen molar-refractivity contribution in [2.75, 3.05) is 26.2 Å². The van der Waals surface area contributed by atoms with Crippen molar-refractivity contribution in [2.45, 2.75) is 19.8 Å². The Morgan fingerprint density at radius 1 is 1.38 bits per heavy atom. The van der Waals surface area contributed by atoms with Gasteiger partial charge in [0, 0.05) is 23.7 Å². The van der Waals surface area contributed by atoms with Crippen molar-refractivity contribution in [1.82, 2.24) is 10.2 Å². The summed E-state index contributed by atoms with van der Waals surface area (Å²) in [6.07, 6.45) is 1.47. The third kappa shape index (κ3) is 4.96. The average molecular weight is 353 g/mol. The van der Waals surface area contributed by atoms with Crippen molar-refractivity contribution in [3.8, 4) is 0 Å². The molecule has 0 radical (unpaired) electrons. The molecule has 2 amide bonds. The summed E-state index contributed by atoms with van der Waals surface area (Å²) in [5.74, 6) is -1.12. The van der Waals surface area contributed by atoms with E-state index in [1.165, 1.54) is 0 Å². The van der Waals surface area contributed by atoms with E-state index in [1.807, 2.05) is 0 Å². The van der Waals surface area contributed by atoms with E-state index in [4.69, 9.17) is 16.3 Å². The number of likely N-dealkylation sites (tertiary alicyclic amines) is 1. The van der Waals surface area contributed by atoms with E-state index in [-0.39, 0.29) is 30.2 Å². The van der Waals surface area contributed by atoms with Crippen LogP contribution in [0.5, 0.6) is 0 Å². The van der Waals surface area contributed by atoms with Gasteiger partial charge in [0.1, 0.15) is 0 Å². The lowest BCUT2D eigenvalue weighted by Crippen LogP contribution is -2.46. The number of halogens is 1. The molecule has 2 rings (SSSR count). The summed E-state index contributed by atoms with van der Waals surface area (Å²) in [6, 6.07) is 6.52. The van der Waals surface area contributed by atoms with Crippen molar-refractivity contribution < 1.29 is 19.1 Å². The molecule has 6 nitrogen and oxygen atoms in total. The lowest BCUT2D eigenvalue weighted by atomic mass is 9.98. The molecule has 1 aromatic rings. The molecule has 0 spiro atoms. The molecule has 24 heavy (non-hydrogen) atoms. The zero-order valence-corrected chi connectivity index (χ0v) is 14.3. The van der Waals surface area contributed by atoms with Gasteiger partial charge >= 0.3 is 5.97 Å². The molecule has 1 aliphatic rings. The van der Waals surface area contributed by atoms with Gasteiger partial charge in [-0.2, -0.15) is 0 Å². The Bertz CT molecular complexity index is 620. The van der Waals surface area contributed by atoms with Gasteiger partial charge in [-0.3, -0.25) is 14.4 Å². The molecule has 1 aromatic carbocycles. The second kappa shape index (κ2) is 8.68. The average Bonchev–Trinajstić information content (AvgIpc) is 2.59. The molecule has 1 N–H and O–H groups in total. The summed E-state index contributed by atoms with van der Waals surface area (Å²) < 4.78 is 5.02. The molecule has 130 valence electrons. The van der Waals surface area contributed by atoms with Crippen LogP contribution in [0.1, 0.15) is 30.1 Å². The highest BCUT2D eigenvalue weighted by Crippen LogP contribution is 2.18. The van der Waals surface area contributed by atoms with Crippen LogP contribution in [0.4, 0.5) is 0 Å². The number of amides is 2. The number of rotatable bonds is 5. The van der Waals surface area contributed by atoms with Gasteiger partial charge in [-0.1, -0.05) is 17.7 Å². The molecule has 1 fully saturated rings. The Kier molecular flexibility index (Phi) is 6.61. The zero-order valence-electron chi connectivity index (χ0n) is 13.6. The van der Waals surface area contributed by atoms with Crippen molar-refractivity contribution in [2.24, 2.45) is 5.92 Å². The Morgan fingerprint density at radius 3 is 2.88 bits per heavy atom. The number of hydrogen-bond donors (Lipinski definition) is 1. The number of hydrogen-bond acceptors (Lipinski definition) is 4. The molecule has 1 aliphatic heterocycles. The number of nitrogens with zero attached hydrogens (tertiary/aromatic N) is 1. The smallest absolute Gasteiger partial charge is 0.310 e. The normalized spacial score (nSPS) is 17.2. The van der Waals surface area contributed by atoms with Gasteiger partial charge in [-0.15, -0.1) is 0 Å². The maximum absolute atomic E-state index is 12.3. The minimum atomic E-state index is -0.357. The van der Waals surface area contributed by atoms with E-state index in [1.54, 1.807) is 36.1 Å². The van der Waals surface area contributed by atoms with Crippen molar-refractivity contribution in [3.05, 3.63) is 34.9 Å². The highest BCUT2D eigenvalue weighted by atomic mass is 35.5. The van der Waals surface area contributed by atoms with Gasteiger partial charge in [0.25, 0.3) is 5.91 Å². The summed E-state index contributed by atoms with van der Waals surface area (Å²) in [7, 11) is 0. The maximum atomic E-state index is 12.3. The maximum Gasteiger partial charge on any atom is 0.310 e. The SMILES string of the molecule is CCOC(=O)C1CCCN(C(=O)CNC(=O)c2cccc(Cl)c2)C1. The minimum Gasteiger partial charge on any atom is -0.466 e. The molecule has 1 atom stereocenters. The molecule has 1 heterocycles. The number of benzene rings is 1. The summed E-state index contributed by atoms with van der Waals surface area (Å²) in [5, 5.41) is 3.05. The molecular formula is C17H21ClN2O4. The third-order valence-electron chi connectivity index (χ3n) is 3.88. The number of carbonyl (C=O) groups is 3. The van der Waals surface area contributed by atoms with Crippen molar-refractivity contribution in [1.29, 1.82) is 0 Å². The standard InChI is InChI=1S/C17H21ClN2O4/c1-2-24-17(23)13-6-4-8-20(11-13)15(21)10-19-16(22)12-5-3-7-14(18)9-12/h3,5,7,9,13H,2,4,6,8,10-11H2,1H3,(H,19,22). The molecule has 0 saturated carbocycles. The van der Waals surface area contributed by atoms with Gasteiger partial charge in [0.2, 0.25) is 5.91 Å². The molecule has 7 heteroatoms. The van der Waals surface area contributed by atoms with E-state index in [9.17, 15) is 14.4 Å². The highest BCUT2D eigenvalue weighted by Gasteiger charge is 2.29. The predicted octanol–water partition coefficient (Wildman–Crippen LogP) is 1.87. The van der Waals surface area contributed by atoms with Crippen LogP contribution >= 0.6 is 11.6 Å². The van der Waals surface area contributed by atoms with Crippen molar-refractivity contribution in [3.63, 3.8) is 0 Å². The van der Waals surface area contributed by atoms with Gasteiger partial charge < -0.3 is 15.0 Å². The molecule has 0 aliphatic carbocycles. The Morgan fingerprint density at radius 2 is 2.17 bits per heavy atom. The molecule has 1 saturated heterocycles. The first-order valence-corrected chi connectivity index (χ1v) is 8.37. The van der Waals surface area contributed by atoms with E-state index >= 15 is 0 Å². The van der Waals surface area contributed by atoms with Crippen LogP contribution in [-0.4, -0.2) is 48.9 Å². The van der Waals surface area contributed by atoms with Gasteiger partial charge in [0.05, 0.1) is 19.1 Å². The zero-order chi connectivity index (χ0) is 17.5. The topological polar surface area (TPSA) is 75.7 Å². The summed E-state index contributed by atoms with van der Waals surface area (Å²) in [4.78, 5) is 37.7. The largest absolute Gasteiger partial charge is 0.466 e. The first-order chi connectivity index (χ1) is 11.5. The second-order valence-corrected chi connectivity index (χ2v) is 6.06. The fourth-order valence-corrected chi connectivity index (χ4v) is 2.85. The van der Waals surface area contributed by atoms with Crippen LogP contribution in [0.2, 0.25) is 5.02 Å². The minimum absolute atomic E-state index is 0.110. The lowest BCUT2D eigenvalue weighted by molar-refractivity contribution is -0.151. The van der Waals surface area contributed by atoms with Crippen LogP contribution in [0.3, 0.4) is 0 Å². The van der Waals surface area contributed by atoms with Crippen LogP contribution in [0.15, 0.2) is 24.3 Å². The van der Waals surface area contributed by atoms with Crippen LogP contribution in [-0.2, 0) is 14.3 Å². The number of ether oxygens (including phenoxy) is 1. The fraction of sp³-hybridized carbons (Fsp3) is 0.471. The number of nitrogens with one attached hydrogen (secondary N) is 1. The quantitative estimate of drug-likeness (QED) is 0.821. The van der Waals surface area contributed by atoms with E-state index in [0.717, 1.165) is 12.8 Å². The van der Waals surface area contributed by atoms with E-state index in [2.05, 4.69) is 5.32 Å². The third-order valence-corrected chi connectivity index (χ3v) is 4.12. The number of carbonyl (C=O) groups excluding carboxylic acids is 3. The van der Waals surface area contributed by atoms with Gasteiger partial charge in [-0.05, 0) is 38.0 Å². The first-order valence-electron chi connectivity index (χ1n) is 7.99. The fourth-order valence-electron chi connectivity index (χ4n) is 2.66. The predicted molar refractivity (Wildman–Crippen MR) is 89.7 cm³/mol. The van der Waals surface area contributed by atoms with E-state index < -0.39 is 0 Å². The van der Waals surface area contributed by atoms with Crippen LogP contribution in [0.25, 0.3) is 0 Å². The summed E-state index contributed by atoms with van der Waals surface area (Å²) in [6.45, 7) is 2.90. The Hall–Kier alpha value is -2.08. The first kappa shape index (κ1) is 18.3.